The first-order chi connectivity index (χ1) is 10.6. The van der Waals surface area contributed by atoms with E-state index in [2.05, 4.69) is 60.6 Å². The van der Waals surface area contributed by atoms with Crippen LogP contribution >= 0.6 is 12.4 Å². The molecule has 1 saturated heterocycles. The molecule has 130 valence electrons. The van der Waals surface area contributed by atoms with Crippen molar-refractivity contribution >= 4 is 18.3 Å². The van der Waals surface area contributed by atoms with E-state index in [4.69, 9.17) is 0 Å². The van der Waals surface area contributed by atoms with Gasteiger partial charge in [0.1, 0.15) is 0 Å². The third kappa shape index (κ3) is 6.13. The molecule has 1 heterocycles. The molecule has 1 aromatic rings. The number of amides is 1. The molecule has 1 atom stereocenters. The minimum absolute atomic E-state index is 0. The fraction of sp³-hybridized carbons (Fsp3) is 0.611. The highest BCUT2D eigenvalue weighted by Gasteiger charge is 2.25. The van der Waals surface area contributed by atoms with Crippen molar-refractivity contribution in [2.24, 2.45) is 5.92 Å². The van der Waals surface area contributed by atoms with Crippen LogP contribution in [-0.4, -0.2) is 43.5 Å². The number of benzene rings is 1. The SMILES string of the molecule is CCc1ccc(C2CNCCN2CC(=O)NCC(C)C)cc1.Cl. The van der Waals surface area contributed by atoms with Crippen LogP contribution in [0.25, 0.3) is 0 Å². The van der Waals surface area contributed by atoms with Crippen LogP contribution in [0.5, 0.6) is 0 Å². The van der Waals surface area contributed by atoms with Crippen LogP contribution < -0.4 is 10.6 Å². The predicted molar refractivity (Wildman–Crippen MR) is 98.1 cm³/mol. The topological polar surface area (TPSA) is 44.4 Å². The fourth-order valence-corrected chi connectivity index (χ4v) is 2.80. The molecule has 2 rings (SSSR count). The van der Waals surface area contributed by atoms with Gasteiger partial charge in [-0.05, 0) is 23.5 Å². The first-order valence-corrected chi connectivity index (χ1v) is 8.40. The number of nitrogens with one attached hydrogen (secondary N) is 2. The van der Waals surface area contributed by atoms with Crippen LogP contribution in [0.4, 0.5) is 0 Å². The van der Waals surface area contributed by atoms with E-state index in [0.29, 0.717) is 12.5 Å². The van der Waals surface area contributed by atoms with Crippen molar-refractivity contribution in [3.05, 3.63) is 35.4 Å². The highest BCUT2D eigenvalue weighted by Crippen LogP contribution is 2.22. The highest BCUT2D eigenvalue weighted by molar-refractivity contribution is 5.85. The zero-order chi connectivity index (χ0) is 15.9. The quantitative estimate of drug-likeness (QED) is 0.836. The molecule has 1 aromatic carbocycles. The Bertz CT molecular complexity index is 476. The Morgan fingerprint density at radius 3 is 2.65 bits per heavy atom. The van der Waals surface area contributed by atoms with Crippen LogP contribution in [0.1, 0.15) is 37.9 Å². The van der Waals surface area contributed by atoms with E-state index in [9.17, 15) is 4.79 Å². The summed E-state index contributed by atoms with van der Waals surface area (Å²) in [6.45, 7) is 10.4. The van der Waals surface area contributed by atoms with Crippen molar-refractivity contribution in [3.63, 3.8) is 0 Å². The van der Waals surface area contributed by atoms with Gasteiger partial charge in [0.05, 0.1) is 6.54 Å². The van der Waals surface area contributed by atoms with Gasteiger partial charge in [-0.3, -0.25) is 9.69 Å². The van der Waals surface area contributed by atoms with E-state index in [1.807, 2.05) is 0 Å². The number of rotatable bonds is 6. The largest absolute Gasteiger partial charge is 0.355 e. The summed E-state index contributed by atoms with van der Waals surface area (Å²) < 4.78 is 0. The van der Waals surface area contributed by atoms with Crippen molar-refractivity contribution in [1.29, 1.82) is 0 Å². The van der Waals surface area contributed by atoms with E-state index in [1.54, 1.807) is 0 Å². The molecule has 1 aliphatic rings. The van der Waals surface area contributed by atoms with Crippen molar-refractivity contribution in [2.45, 2.75) is 33.2 Å². The van der Waals surface area contributed by atoms with E-state index in [0.717, 1.165) is 32.6 Å². The van der Waals surface area contributed by atoms with Gasteiger partial charge >= 0.3 is 0 Å². The average Bonchev–Trinajstić information content (AvgIpc) is 2.53. The summed E-state index contributed by atoms with van der Waals surface area (Å²) in [6.07, 6.45) is 1.06. The molecule has 2 N–H and O–H groups in total. The van der Waals surface area contributed by atoms with Gasteiger partial charge in [-0.2, -0.15) is 0 Å². The van der Waals surface area contributed by atoms with E-state index in [-0.39, 0.29) is 24.4 Å². The Morgan fingerprint density at radius 2 is 2.04 bits per heavy atom. The molecule has 0 radical (unpaired) electrons. The first-order valence-electron chi connectivity index (χ1n) is 8.40. The number of halogens is 1. The van der Waals surface area contributed by atoms with Gasteiger partial charge in [-0.15, -0.1) is 12.4 Å². The van der Waals surface area contributed by atoms with E-state index < -0.39 is 0 Å². The second-order valence-corrected chi connectivity index (χ2v) is 6.48. The van der Waals surface area contributed by atoms with Crippen LogP contribution in [0, 0.1) is 5.92 Å². The Morgan fingerprint density at radius 1 is 1.35 bits per heavy atom. The molecule has 0 spiro atoms. The molecule has 4 nitrogen and oxygen atoms in total. The number of hydrogen-bond donors (Lipinski definition) is 2. The van der Waals surface area contributed by atoms with Crippen molar-refractivity contribution < 1.29 is 4.79 Å². The number of aryl methyl sites for hydroxylation is 1. The second-order valence-electron chi connectivity index (χ2n) is 6.48. The van der Waals surface area contributed by atoms with Crippen LogP contribution in [0.15, 0.2) is 24.3 Å². The fourth-order valence-electron chi connectivity index (χ4n) is 2.80. The van der Waals surface area contributed by atoms with E-state index in [1.165, 1.54) is 11.1 Å². The summed E-state index contributed by atoms with van der Waals surface area (Å²) in [7, 11) is 0. The van der Waals surface area contributed by atoms with Crippen LogP contribution in [0.2, 0.25) is 0 Å². The van der Waals surface area contributed by atoms with Crippen LogP contribution in [0.3, 0.4) is 0 Å². The Balaban J connectivity index is 0.00000264. The zero-order valence-electron chi connectivity index (χ0n) is 14.5. The van der Waals surface area contributed by atoms with Gasteiger partial charge < -0.3 is 10.6 Å². The lowest BCUT2D eigenvalue weighted by Crippen LogP contribution is -2.49. The number of carbonyl (C=O) groups is 1. The average molecular weight is 340 g/mol. The third-order valence-corrected chi connectivity index (χ3v) is 4.18. The van der Waals surface area contributed by atoms with Gasteiger partial charge in [0.15, 0.2) is 0 Å². The molecule has 1 fully saturated rings. The standard InChI is InChI=1S/C18H29N3O.ClH/c1-4-15-5-7-16(8-6-15)17-12-19-9-10-21(17)13-18(22)20-11-14(2)3;/h5-8,14,17,19H,4,9-13H2,1-3H3,(H,20,22);1H. The van der Waals surface area contributed by atoms with Crippen molar-refractivity contribution in [2.75, 3.05) is 32.7 Å². The summed E-state index contributed by atoms with van der Waals surface area (Å²) in [5, 5.41) is 6.46. The number of carbonyl (C=O) groups excluding carboxylic acids is 1. The monoisotopic (exact) mass is 339 g/mol. The van der Waals surface area contributed by atoms with Gasteiger partial charge in [0.2, 0.25) is 5.91 Å². The van der Waals surface area contributed by atoms with Gasteiger partial charge in [0, 0.05) is 32.2 Å². The molecule has 0 aromatic heterocycles. The van der Waals surface area contributed by atoms with Crippen molar-refractivity contribution in [3.8, 4) is 0 Å². The minimum Gasteiger partial charge on any atom is -0.355 e. The van der Waals surface area contributed by atoms with E-state index >= 15 is 0 Å². The predicted octanol–water partition coefficient (Wildman–Crippen LogP) is 2.39. The smallest absolute Gasteiger partial charge is 0.234 e. The molecule has 0 saturated carbocycles. The molecular weight excluding hydrogens is 310 g/mol. The number of piperazine rings is 1. The normalized spacial score (nSPS) is 18.5. The van der Waals surface area contributed by atoms with Crippen LogP contribution in [-0.2, 0) is 11.2 Å². The summed E-state index contributed by atoms with van der Waals surface area (Å²) in [6, 6.07) is 9.08. The van der Waals surface area contributed by atoms with Crippen molar-refractivity contribution in [1.82, 2.24) is 15.5 Å². The molecule has 1 amide bonds. The van der Waals surface area contributed by atoms with Gasteiger partial charge in [-0.1, -0.05) is 45.0 Å². The highest BCUT2D eigenvalue weighted by atomic mass is 35.5. The molecule has 5 heteroatoms. The maximum atomic E-state index is 12.1. The Hall–Kier alpha value is -1.10. The number of hydrogen-bond acceptors (Lipinski definition) is 3. The summed E-state index contributed by atoms with van der Waals surface area (Å²) in [4.78, 5) is 14.4. The van der Waals surface area contributed by atoms with Gasteiger partial charge in [0.25, 0.3) is 0 Å². The second kappa shape index (κ2) is 9.91. The Kier molecular flexibility index (Phi) is 8.59. The molecule has 23 heavy (non-hydrogen) atoms. The number of nitrogens with zero attached hydrogens (tertiary/aromatic N) is 1. The zero-order valence-corrected chi connectivity index (χ0v) is 15.3. The third-order valence-electron chi connectivity index (χ3n) is 4.18. The van der Waals surface area contributed by atoms with Gasteiger partial charge in [-0.25, -0.2) is 0 Å². The maximum Gasteiger partial charge on any atom is 0.234 e. The first kappa shape index (κ1) is 19.9. The minimum atomic E-state index is 0. The maximum absolute atomic E-state index is 12.1. The molecule has 0 aliphatic carbocycles. The molecular formula is C18H30ClN3O. The lowest BCUT2D eigenvalue weighted by molar-refractivity contribution is -0.123. The summed E-state index contributed by atoms with van der Waals surface area (Å²) >= 11 is 0. The lowest BCUT2D eigenvalue weighted by Gasteiger charge is -2.36. The molecule has 0 bridgehead atoms. The Labute approximate surface area is 146 Å². The summed E-state index contributed by atoms with van der Waals surface area (Å²) in [5.41, 5.74) is 2.65. The molecule has 1 unspecified atom stereocenters. The molecule has 1 aliphatic heterocycles. The summed E-state index contributed by atoms with van der Waals surface area (Å²) in [5.74, 6) is 0.620. The lowest BCUT2D eigenvalue weighted by atomic mass is 10.0.